The van der Waals surface area contributed by atoms with Gasteiger partial charge in [-0.25, -0.2) is 9.89 Å². The molecule has 0 spiro atoms. The van der Waals surface area contributed by atoms with Gasteiger partial charge in [0.05, 0.1) is 13.7 Å². The molecule has 118 valence electrons. The molecule has 1 aromatic carbocycles. The van der Waals surface area contributed by atoms with Crippen LogP contribution in [-0.2, 0) is 6.54 Å². The maximum Gasteiger partial charge on any atom is 0.343 e. The monoisotopic (exact) mass is 311 g/mol. The summed E-state index contributed by atoms with van der Waals surface area (Å²) in [6.07, 6.45) is 2.39. The fourth-order valence-corrected chi connectivity index (χ4v) is 2.63. The van der Waals surface area contributed by atoms with Gasteiger partial charge < -0.3 is 4.74 Å². The Kier molecular flexibility index (Phi) is 3.25. The van der Waals surface area contributed by atoms with Gasteiger partial charge in [0.15, 0.2) is 5.82 Å². The van der Waals surface area contributed by atoms with Crippen LogP contribution in [0.1, 0.15) is 30.0 Å². The molecule has 7 heteroatoms. The summed E-state index contributed by atoms with van der Waals surface area (Å²) in [4.78, 5) is 12.1. The Morgan fingerprint density at radius 1 is 1.22 bits per heavy atom. The number of aromatic amines is 2. The lowest BCUT2D eigenvalue weighted by Crippen LogP contribution is -2.18. The van der Waals surface area contributed by atoms with Crippen molar-refractivity contribution in [1.29, 1.82) is 0 Å². The van der Waals surface area contributed by atoms with E-state index in [1.54, 1.807) is 11.7 Å². The fourth-order valence-electron chi connectivity index (χ4n) is 2.63. The Balaban J connectivity index is 1.64. The van der Waals surface area contributed by atoms with Gasteiger partial charge in [-0.1, -0.05) is 12.1 Å². The van der Waals surface area contributed by atoms with E-state index in [2.05, 4.69) is 20.4 Å². The highest BCUT2D eigenvalue weighted by Gasteiger charge is 2.26. The highest BCUT2D eigenvalue weighted by Crippen LogP contribution is 2.39. The molecule has 0 unspecified atom stereocenters. The second-order valence-corrected chi connectivity index (χ2v) is 5.77. The van der Waals surface area contributed by atoms with Crippen molar-refractivity contribution in [3.05, 3.63) is 52.1 Å². The van der Waals surface area contributed by atoms with Gasteiger partial charge >= 0.3 is 5.69 Å². The molecule has 1 saturated carbocycles. The van der Waals surface area contributed by atoms with Gasteiger partial charge in [-0.3, -0.25) is 9.67 Å². The Hall–Kier alpha value is -2.83. The van der Waals surface area contributed by atoms with Crippen LogP contribution in [0, 0.1) is 0 Å². The minimum absolute atomic E-state index is 0.244. The van der Waals surface area contributed by atoms with Gasteiger partial charge in [0.1, 0.15) is 11.4 Å². The summed E-state index contributed by atoms with van der Waals surface area (Å²) in [5.41, 5.74) is 2.56. The number of aromatic nitrogens is 5. The van der Waals surface area contributed by atoms with Gasteiger partial charge in [0.25, 0.3) is 0 Å². The number of H-pyrrole nitrogens is 2. The molecule has 2 heterocycles. The fraction of sp³-hybridized carbons (Fsp3) is 0.312. The van der Waals surface area contributed by atoms with Gasteiger partial charge in [-0.05, 0) is 36.6 Å². The van der Waals surface area contributed by atoms with Gasteiger partial charge in [-0.15, -0.1) is 0 Å². The maximum absolute atomic E-state index is 12.1. The number of methoxy groups -OCH3 is 1. The summed E-state index contributed by atoms with van der Waals surface area (Å²) in [6, 6.07) is 9.60. The van der Waals surface area contributed by atoms with Crippen molar-refractivity contribution in [2.24, 2.45) is 0 Å². The first-order valence-electron chi connectivity index (χ1n) is 7.58. The molecule has 0 radical (unpaired) electrons. The lowest BCUT2D eigenvalue weighted by atomic mass is 10.2. The van der Waals surface area contributed by atoms with Gasteiger partial charge in [0.2, 0.25) is 0 Å². The van der Waals surface area contributed by atoms with Crippen molar-refractivity contribution in [2.45, 2.75) is 25.3 Å². The third kappa shape index (κ3) is 2.65. The smallest absolute Gasteiger partial charge is 0.343 e. The first kappa shape index (κ1) is 13.8. The molecule has 0 saturated heterocycles. The molecule has 1 aliphatic carbocycles. The molecule has 0 aliphatic heterocycles. The number of ether oxygens (including phenoxy) is 1. The quantitative estimate of drug-likeness (QED) is 0.753. The van der Waals surface area contributed by atoms with Crippen LogP contribution in [0.25, 0.3) is 11.5 Å². The van der Waals surface area contributed by atoms with E-state index in [0.717, 1.165) is 17.0 Å². The van der Waals surface area contributed by atoms with Crippen molar-refractivity contribution in [3.63, 3.8) is 0 Å². The standard InChI is InChI=1S/C16H17N5O2/c1-23-12-6-2-10(3-7-12)9-21-15(19-20-16(21)22)14-8-13(17-18-14)11-4-5-11/h2-3,6-8,11H,4-5,9H2,1H3,(H,17,18)(H,20,22). The summed E-state index contributed by atoms with van der Waals surface area (Å²) in [5, 5.41) is 14.0. The van der Waals surface area contributed by atoms with E-state index in [1.807, 2.05) is 30.3 Å². The van der Waals surface area contributed by atoms with Crippen LogP contribution in [-0.4, -0.2) is 32.1 Å². The molecule has 1 aliphatic rings. The Morgan fingerprint density at radius 2 is 2.00 bits per heavy atom. The minimum Gasteiger partial charge on any atom is -0.497 e. The van der Waals surface area contributed by atoms with Crippen LogP contribution in [0.4, 0.5) is 0 Å². The zero-order valence-corrected chi connectivity index (χ0v) is 12.7. The molecule has 0 bridgehead atoms. The molecule has 1 fully saturated rings. The van der Waals surface area contributed by atoms with Crippen molar-refractivity contribution in [3.8, 4) is 17.3 Å². The minimum atomic E-state index is -0.244. The van der Waals surface area contributed by atoms with Crippen LogP contribution in [0.3, 0.4) is 0 Å². The average Bonchev–Trinajstić information content (AvgIpc) is 3.21. The number of nitrogens with zero attached hydrogens (tertiary/aromatic N) is 3. The zero-order valence-electron chi connectivity index (χ0n) is 12.7. The topological polar surface area (TPSA) is 88.6 Å². The van der Waals surface area contributed by atoms with Crippen LogP contribution in [0.2, 0.25) is 0 Å². The van der Waals surface area contributed by atoms with Crippen LogP contribution in [0.5, 0.6) is 5.75 Å². The third-order valence-corrected chi connectivity index (χ3v) is 4.10. The van der Waals surface area contributed by atoms with Crippen LogP contribution in [0.15, 0.2) is 35.1 Å². The summed E-state index contributed by atoms with van der Waals surface area (Å²) in [7, 11) is 1.63. The Bertz CT molecular complexity index is 871. The Morgan fingerprint density at radius 3 is 2.70 bits per heavy atom. The largest absolute Gasteiger partial charge is 0.497 e. The number of benzene rings is 1. The van der Waals surface area contributed by atoms with E-state index in [1.165, 1.54) is 12.8 Å². The third-order valence-electron chi connectivity index (χ3n) is 4.10. The molecular formula is C16H17N5O2. The SMILES string of the molecule is COc1ccc(Cn2c(-c3cc(C4CC4)[nH]n3)n[nH]c2=O)cc1. The maximum atomic E-state index is 12.1. The molecule has 2 N–H and O–H groups in total. The van der Waals surface area contributed by atoms with Gasteiger partial charge in [-0.2, -0.15) is 10.2 Å². The van der Waals surface area contributed by atoms with Crippen molar-refractivity contribution in [2.75, 3.05) is 7.11 Å². The molecular weight excluding hydrogens is 294 g/mol. The van der Waals surface area contributed by atoms with E-state index < -0.39 is 0 Å². The molecule has 2 aromatic heterocycles. The first-order chi connectivity index (χ1) is 11.2. The van der Waals surface area contributed by atoms with Crippen LogP contribution < -0.4 is 10.4 Å². The molecule has 7 nitrogen and oxygen atoms in total. The average molecular weight is 311 g/mol. The summed E-state index contributed by atoms with van der Waals surface area (Å²) < 4.78 is 6.74. The number of hydrogen-bond donors (Lipinski definition) is 2. The normalized spacial score (nSPS) is 14.1. The Labute approximate surface area is 132 Å². The highest BCUT2D eigenvalue weighted by molar-refractivity contribution is 5.50. The van der Waals surface area contributed by atoms with E-state index in [4.69, 9.17) is 4.74 Å². The predicted molar refractivity (Wildman–Crippen MR) is 84.5 cm³/mol. The highest BCUT2D eigenvalue weighted by atomic mass is 16.5. The number of hydrogen-bond acceptors (Lipinski definition) is 4. The van der Waals surface area contributed by atoms with Crippen LogP contribution >= 0.6 is 0 Å². The summed E-state index contributed by atoms with van der Waals surface area (Å²) >= 11 is 0. The molecule has 0 atom stereocenters. The van der Waals surface area contributed by atoms with Crippen molar-refractivity contribution < 1.29 is 4.74 Å². The van der Waals surface area contributed by atoms with E-state index >= 15 is 0 Å². The number of nitrogens with one attached hydrogen (secondary N) is 2. The second kappa shape index (κ2) is 5.42. The first-order valence-corrected chi connectivity index (χ1v) is 7.58. The molecule has 0 amide bonds. The van der Waals surface area contributed by atoms with Crippen molar-refractivity contribution in [1.82, 2.24) is 25.0 Å². The predicted octanol–water partition coefficient (Wildman–Crippen LogP) is 1.90. The van der Waals surface area contributed by atoms with E-state index in [0.29, 0.717) is 24.0 Å². The molecule has 23 heavy (non-hydrogen) atoms. The second-order valence-electron chi connectivity index (χ2n) is 5.77. The molecule has 3 aromatic rings. The van der Waals surface area contributed by atoms with E-state index in [9.17, 15) is 4.79 Å². The summed E-state index contributed by atoms with van der Waals surface area (Å²) in [6.45, 7) is 0.431. The summed E-state index contributed by atoms with van der Waals surface area (Å²) in [5.74, 6) is 1.92. The molecule has 4 rings (SSSR count). The van der Waals surface area contributed by atoms with E-state index in [-0.39, 0.29) is 5.69 Å². The number of rotatable bonds is 5. The lowest BCUT2D eigenvalue weighted by Gasteiger charge is -2.05. The van der Waals surface area contributed by atoms with Crippen molar-refractivity contribution >= 4 is 0 Å². The zero-order chi connectivity index (χ0) is 15.8. The lowest BCUT2D eigenvalue weighted by molar-refractivity contribution is 0.414. The van der Waals surface area contributed by atoms with Gasteiger partial charge in [0, 0.05) is 11.6 Å².